The van der Waals surface area contributed by atoms with Crippen LogP contribution in [0, 0.1) is 12.8 Å². The molecule has 0 atom stereocenters. The van der Waals surface area contributed by atoms with Gasteiger partial charge < -0.3 is 9.64 Å². The van der Waals surface area contributed by atoms with E-state index in [0.29, 0.717) is 25.9 Å². The normalized spacial score (nSPS) is 16.1. The molecule has 0 saturated carbocycles. The van der Waals surface area contributed by atoms with E-state index in [0.717, 1.165) is 15.6 Å². The molecule has 1 aliphatic rings. The average Bonchev–Trinajstić information content (AvgIpc) is 2.46. The second-order valence-electron chi connectivity index (χ2n) is 5.05. The van der Waals surface area contributed by atoms with E-state index in [9.17, 15) is 9.59 Å². The molecule has 0 unspecified atom stereocenters. The maximum Gasteiger partial charge on any atom is 0.308 e. The van der Waals surface area contributed by atoms with Crippen molar-refractivity contribution >= 4 is 27.8 Å². The molecule has 1 fully saturated rings. The smallest absolute Gasteiger partial charge is 0.308 e. The number of methoxy groups -OCH3 is 1. The molecule has 1 heterocycles. The Morgan fingerprint density at radius 3 is 2.50 bits per heavy atom. The fourth-order valence-electron chi connectivity index (χ4n) is 2.52. The molecule has 108 valence electrons. The molecule has 0 aromatic heterocycles. The summed E-state index contributed by atoms with van der Waals surface area (Å²) in [6.07, 6.45) is 1.35. The van der Waals surface area contributed by atoms with Gasteiger partial charge in [0.2, 0.25) is 0 Å². The summed E-state index contributed by atoms with van der Waals surface area (Å²) in [5.74, 6) is -0.203. The molecule has 0 radical (unpaired) electrons. The highest BCUT2D eigenvalue weighted by Gasteiger charge is 2.28. The minimum absolute atomic E-state index is 0.0401. The minimum atomic E-state index is -0.170. The molecule has 0 bridgehead atoms. The third kappa shape index (κ3) is 3.20. The van der Waals surface area contributed by atoms with Gasteiger partial charge in [-0.3, -0.25) is 9.59 Å². The lowest BCUT2D eigenvalue weighted by Crippen LogP contribution is -2.40. The molecule has 2 rings (SSSR count). The van der Waals surface area contributed by atoms with Gasteiger partial charge in [-0.05, 0) is 43.5 Å². The molecule has 0 aliphatic carbocycles. The number of carbonyl (C=O) groups is 2. The van der Waals surface area contributed by atoms with E-state index in [1.165, 1.54) is 7.11 Å². The van der Waals surface area contributed by atoms with Crippen molar-refractivity contribution in [1.29, 1.82) is 0 Å². The lowest BCUT2D eigenvalue weighted by atomic mass is 9.96. The highest BCUT2D eigenvalue weighted by molar-refractivity contribution is 9.10. The van der Waals surface area contributed by atoms with Crippen molar-refractivity contribution in [1.82, 2.24) is 4.90 Å². The second-order valence-corrected chi connectivity index (χ2v) is 5.96. The zero-order valence-electron chi connectivity index (χ0n) is 11.7. The van der Waals surface area contributed by atoms with Crippen molar-refractivity contribution in [3.05, 3.63) is 33.8 Å². The average molecular weight is 340 g/mol. The number of esters is 1. The molecular formula is C15H18BrNO3. The number of benzene rings is 1. The number of halogens is 1. The predicted molar refractivity (Wildman–Crippen MR) is 79.5 cm³/mol. The summed E-state index contributed by atoms with van der Waals surface area (Å²) in [5, 5.41) is 0. The van der Waals surface area contributed by atoms with E-state index in [1.807, 2.05) is 30.0 Å². The zero-order valence-corrected chi connectivity index (χ0v) is 13.3. The van der Waals surface area contributed by atoms with E-state index in [1.54, 1.807) is 0 Å². The predicted octanol–water partition coefficient (Wildman–Crippen LogP) is 2.78. The van der Waals surface area contributed by atoms with Gasteiger partial charge in [0.05, 0.1) is 13.0 Å². The Labute approximate surface area is 127 Å². The summed E-state index contributed by atoms with van der Waals surface area (Å²) >= 11 is 3.40. The lowest BCUT2D eigenvalue weighted by molar-refractivity contribution is -0.146. The van der Waals surface area contributed by atoms with Crippen molar-refractivity contribution in [2.24, 2.45) is 5.92 Å². The lowest BCUT2D eigenvalue weighted by Gasteiger charge is -2.31. The van der Waals surface area contributed by atoms with Crippen LogP contribution in [0.1, 0.15) is 28.8 Å². The Bertz CT molecular complexity index is 522. The van der Waals surface area contributed by atoms with Crippen LogP contribution in [0.5, 0.6) is 0 Å². The van der Waals surface area contributed by atoms with Crippen LogP contribution in [0.15, 0.2) is 22.7 Å². The summed E-state index contributed by atoms with van der Waals surface area (Å²) in [6, 6.07) is 5.66. The number of ether oxygens (including phenoxy) is 1. The number of rotatable bonds is 2. The zero-order chi connectivity index (χ0) is 14.7. The molecule has 0 N–H and O–H groups in total. The molecule has 1 saturated heterocycles. The van der Waals surface area contributed by atoms with Crippen LogP contribution in [0.3, 0.4) is 0 Å². The molecule has 5 heteroatoms. The minimum Gasteiger partial charge on any atom is -0.469 e. The van der Waals surface area contributed by atoms with Gasteiger partial charge in [0.1, 0.15) is 0 Å². The summed E-state index contributed by atoms with van der Waals surface area (Å²) < 4.78 is 5.72. The van der Waals surface area contributed by atoms with Crippen molar-refractivity contribution in [2.75, 3.05) is 20.2 Å². The number of likely N-dealkylation sites (tertiary alicyclic amines) is 1. The Morgan fingerprint density at radius 2 is 1.95 bits per heavy atom. The van der Waals surface area contributed by atoms with Gasteiger partial charge in [0, 0.05) is 23.1 Å². The second kappa shape index (κ2) is 6.39. The first-order chi connectivity index (χ1) is 9.52. The summed E-state index contributed by atoms with van der Waals surface area (Å²) in [5.41, 5.74) is 1.68. The molecule has 0 spiro atoms. The monoisotopic (exact) mass is 339 g/mol. The third-order valence-electron chi connectivity index (χ3n) is 3.74. The maximum absolute atomic E-state index is 12.5. The first-order valence-electron chi connectivity index (χ1n) is 6.66. The van der Waals surface area contributed by atoms with E-state index in [2.05, 4.69) is 15.9 Å². The number of aryl methyl sites for hydroxylation is 1. The first kappa shape index (κ1) is 15.0. The highest BCUT2D eigenvalue weighted by atomic mass is 79.9. The summed E-state index contributed by atoms with van der Waals surface area (Å²) in [4.78, 5) is 25.8. The SMILES string of the molecule is COC(=O)C1CCN(C(=O)c2ccc(Br)cc2C)CC1. The van der Waals surface area contributed by atoms with E-state index >= 15 is 0 Å². The third-order valence-corrected chi connectivity index (χ3v) is 4.23. The Balaban J connectivity index is 2.03. The largest absolute Gasteiger partial charge is 0.469 e. The summed E-state index contributed by atoms with van der Waals surface area (Å²) in [6.45, 7) is 3.14. The fourth-order valence-corrected chi connectivity index (χ4v) is 3.00. The first-order valence-corrected chi connectivity index (χ1v) is 7.45. The Kier molecular flexibility index (Phi) is 4.81. The van der Waals surface area contributed by atoms with Crippen LogP contribution >= 0.6 is 15.9 Å². The van der Waals surface area contributed by atoms with Crippen molar-refractivity contribution < 1.29 is 14.3 Å². The van der Waals surface area contributed by atoms with Gasteiger partial charge in [-0.15, -0.1) is 0 Å². The van der Waals surface area contributed by atoms with Gasteiger partial charge in [-0.2, -0.15) is 0 Å². The van der Waals surface area contributed by atoms with Gasteiger partial charge >= 0.3 is 5.97 Å². The van der Waals surface area contributed by atoms with Crippen LogP contribution < -0.4 is 0 Å². The molecule has 4 nitrogen and oxygen atoms in total. The van der Waals surface area contributed by atoms with E-state index < -0.39 is 0 Å². The molecule has 1 aliphatic heterocycles. The summed E-state index contributed by atoms with van der Waals surface area (Å²) in [7, 11) is 1.41. The van der Waals surface area contributed by atoms with Gasteiger partial charge in [-0.1, -0.05) is 15.9 Å². The number of carbonyl (C=O) groups excluding carboxylic acids is 2. The Hall–Kier alpha value is -1.36. The van der Waals surface area contributed by atoms with Crippen LogP contribution in [0.25, 0.3) is 0 Å². The van der Waals surface area contributed by atoms with Crippen molar-refractivity contribution in [2.45, 2.75) is 19.8 Å². The topological polar surface area (TPSA) is 46.6 Å². The highest BCUT2D eigenvalue weighted by Crippen LogP contribution is 2.22. The fraction of sp³-hybridized carbons (Fsp3) is 0.467. The molecule has 1 aromatic rings. The maximum atomic E-state index is 12.5. The standard InChI is InChI=1S/C15H18BrNO3/c1-10-9-12(16)3-4-13(10)14(18)17-7-5-11(6-8-17)15(19)20-2/h3-4,9,11H,5-8H2,1-2H3. The van der Waals surface area contributed by atoms with E-state index in [4.69, 9.17) is 4.74 Å². The molecule has 1 aromatic carbocycles. The molecule has 20 heavy (non-hydrogen) atoms. The molecule has 1 amide bonds. The van der Waals surface area contributed by atoms with Crippen LogP contribution in [-0.4, -0.2) is 37.0 Å². The number of hydrogen-bond acceptors (Lipinski definition) is 3. The van der Waals surface area contributed by atoms with E-state index in [-0.39, 0.29) is 17.8 Å². The Morgan fingerprint density at radius 1 is 1.30 bits per heavy atom. The molecular weight excluding hydrogens is 322 g/mol. The number of nitrogens with zero attached hydrogens (tertiary/aromatic N) is 1. The number of amides is 1. The van der Waals surface area contributed by atoms with Gasteiger partial charge in [-0.25, -0.2) is 0 Å². The van der Waals surface area contributed by atoms with Crippen molar-refractivity contribution in [3.8, 4) is 0 Å². The quantitative estimate of drug-likeness (QED) is 0.778. The number of piperidine rings is 1. The van der Waals surface area contributed by atoms with Crippen molar-refractivity contribution in [3.63, 3.8) is 0 Å². The van der Waals surface area contributed by atoms with Crippen LogP contribution in [-0.2, 0) is 9.53 Å². The van der Waals surface area contributed by atoms with Gasteiger partial charge in [0.15, 0.2) is 0 Å². The van der Waals surface area contributed by atoms with Crippen LogP contribution in [0.2, 0.25) is 0 Å². The number of hydrogen-bond donors (Lipinski definition) is 0. The van der Waals surface area contributed by atoms with Gasteiger partial charge in [0.25, 0.3) is 5.91 Å². The van der Waals surface area contributed by atoms with Crippen LogP contribution in [0.4, 0.5) is 0 Å².